The Morgan fingerprint density at radius 3 is 2.43 bits per heavy atom. The lowest BCUT2D eigenvalue weighted by molar-refractivity contribution is 0.589. The van der Waals surface area contributed by atoms with Gasteiger partial charge in [-0.3, -0.25) is 4.98 Å². The Kier molecular flexibility index (Phi) is 4.53. The molecule has 3 aromatic heterocycles. The molecule has 4 nitrogen and oxygen atoms in total. The first-order valence-electron chi connectivity index (χ1n) is 9.44. The van der Waals surface area contributed by atoms with E-state index < -0.39 is 10.0 Å². The molecule has 0 aliphatic rings. The van der Waals surface area contributed by atoms with Crippen LogP contribution in [0.25, 0.3) is 33.2 Å². The number of benzene rings is 2. The summed E-state index contributed by atoms with van der Waals surface area (Å²) >= 11 is 1.63. The molecule has 0 N–H and O–H groups in total. The molecule has 30 heavy (non-hydrogen) atoms. The molecule has 0 unspecified atom stereocenters. The van der Waals surface area contributed by atoms with Crippen LogP contribution in [0.2, 0.25) is 0 Å². The van der Waals surface area contributed by atoms with Gasteiger partial charge in [0.1, 0.15) is 0 Å². The van der Waals surface area contributed by atoms with Gasteiger partial charge in [0.2, 0.25) is 0 Å². The molecule has 5 aromatic rings. The molecule has 2 aromatic carbocycles. The molecule has 5 rings (SSSR count). The minimum absolute atomic E-state index is 0.269. The largest absolute Gasteiger partial charge is 0.268 e. The number of para-hydroxylation sites is 1. The average molecular weight is 431 g/mol. The third kappa shape index (κ3) is 3.14. The van der Waals surface area contributed by atoms with Crippen LogP contribution in [0, 0.1) is 6.92 Å². The van der Waals surface area contributed by atoms with Gasteiger partial charge in [0.15, 0.2) is 0 Å². The van der Waals surface area contributed by atoms with Crippen LogP contribution in [0.4, 0.5) is 0 Å². The standard InChI is InChI=1S/C24H18N2O2S2/c1-17-6-8-21(9-7-17)30(27,28)26-15-23(22-4-2-3-5-24(22)26)20-12-19(13-25-14-20)18-10-11-29-16-18/h2-16H,1H3. The topological polar surface area (TPSA) is 52.0 Å². The van der Waals surface area contributed by atoms with Crippen LogP contribution < -0.4 is 0 Å². The fraction of sp³-hybridized carbons (Fsp3) is 0.0417. The van der Waals surface area contributed by atoms with Gasteiger partial charge in [-0.2, -0.15) is 11.3 Å². The van der Waals surface area contributed by atoms with E-state index in [1.54, 1.807) is 35.9 Å². The second-order valence-corrected chi connectivity index (χ2v) is 9.74. The highest BCUT2D eigenvalue weighted by Gasteiger charge is 2.22. The van der Waals surface area contributed by atoms with Crippen molar-refractivity contribution in [3.8, 4) is 22.3 Å². The Labute approximate surface area is 179 Å². The summed E-state index contributed by atoms with van der Waals surface area (Å²) in [5.41, 5.74) is 5.49. The van der Waals surface area contributed by atoms with E-state index in [9.17, 15) is 8.42 Å². The van der Waals surface area contributed by atoms with Gasteiger partial charge < -0.3 is 0 Å². The second-order valence-electron chi connectivity index (χ2n) is 7.15. The van der Waals surface area contributed by atoms with Gasteiger partial charge in [-0.05, 0) is 53.6 Å². The van der Waals surface area contributed by atoms with E-state index in [4.69, 9.17) is 0 Å². The number of aromatic nitrogens is 2. The van der Waals surface area contributed by atoms with Crippen LogP contribution in [-0.4, -0.2) is 17.4 Å². The van der Waals surface area contributed by atoms with Gasteiger partial charge in [0.05, 0.1) is 10.4 Å². The Morgan fingerprint density at radius 1 is 0.900 bits per heavy atom. The first kappa shape index (κ1) is 18.8. The zero-order valence-electron chi connectivity index (χ0n) is 16.2. The third-order valence-electron chi connectivity index (χ3n) is 5.16. The first-order valence-corrected chi connectivity index (χ1v) is 11.8. The number of fused-ring (bicyclic) bond motifs is 1. The Bertz CT molecular complexity index is 1450. The maximum absolute atomic E-state index is 13.4. The normalized spacial score (nSPS) is 11.8. The summed E-state index contributed by atoms with van der Waals surface area (Å²) in [7, 11) is -3.72. The van der Waals surface area contributed by atoms with Crippen LogP contribution in [0.15, 0.2) is 94.9 Å². The van der Waals surface area contributed by atoms with Crippen LogP contribution in [0.3, 0.4) is 0 Å². The fourth-order valence-corrected chi connectivity index (χ4v) is 5.61. The van der Waals surface area contributed by atoms with Crippen molar-refractivity contribution in [2.45, 2.75) is 11.8 Å². The van der Waals surface area contributed by atoms with Crippen LogP contribution >= 0.6 is 11.3 Å². The van der Waals surface area contributed by atoms with Crippen molar-refractivity contribution in [2.75, 3.05) is 0 Å². The quantitative estimate of drug-likeness (QED) is 0.353. The highest BCUT2D eigenvalue weighted by molar-refractivity contribution is 7.90. The molecule has 0 saturated carbocycles. The summed E-state index contributed by atoms with van der Waals surface area (Å²) in [5, 5.41) is 4.98. The van der Waals surface area contributed by atoms with Crippen molar-refractivity contribution in [1.29, 1.82) is 0 Å². The first-order chi connectivity index (χ1) is 14.5. The number of hydrogen-bond acceptors (Lipinski definition) is 4. The lowest BCUT2D eigenvalue weighted by atomic mass is 10.0. The van der Waals surface area contributed by atoms with E-state index in [0.29, 0.717) is 5.52 Å². The van der Waals surface area contributed by atoms with Gasteiger partial charge in [0, 0.05) is 40.7 Å². The Hall–Kier alpha value is -3.22. The van der Waals surface area contributed by atoms with Crippen LogP contribution in [0.5, 0.6) is 0 Å². The predicted molar refractivity (Wildman–Crippen MR) is 122 cm³/mol. The molecule has 0 radical (unpaired) electrons. The summed E-state index contributed by atoms with van der Waals surface area (Å²) in [5.74, 6) is 0. The van der Waals surface area contributed by atoms with Gasteiger partial charge in [0.25, 0.3) is 10.0 Å². The van der Waals surface area contributed by atoms with E-state index in [1.807, 2.05) is 54.9 Å². The molecule has 0 bridgehead atoms. The van der Waals surface area contributed by atoms with Crippen LogP contribution in [-0.2, 0) is 10.0 Å². The minimum Gasteiger partial charge on any atom is -0.263 e. The maximum Gasteiger partial charge on any atom is 0.268 e. The number of rotatable bonds is 4. The molecule has 0 spiro atoms. The summed E-state index contributed by atoms with van der Waals surface area (Å²) in [6.07, 6.45) is 5.31. The maximum atomic E-state index is 13.4. The van der Waals surface area contributed by atoms with Gasteiger partial charge in [-0.1, -0.05) is 35.9 Å². The molecular formula is C24H18N2O2S2. The molecule has 3 heterocycles. The summed E-state index contributed by atoms with van der Waals surface area (Å²) in [6, 6.07) is 18.6. The molecule has 0 amide bonds. The van der Waals surface area contributed by atoms with Gasteiger partial charge in [-0.25, -0.2) is 12.4 Å². The average Bonchev–Trinajstić information content (AvgIpc) is 3.43. The minimum atomic E-state index is -3.72. The van der Waals surface area contributed by atoms with Crippen molar-refractivity contribution in [1.82, 2.24) is 8.96 Å². The highest BCUT2D eigenvalue weighted by Crippen LogP contribution is 2.34. The van der Waals surface area contributed by atoms with E-state index in [1.165, 1.54) is 3.97 Å². The zero-order chi connectivity index (χ0) is 20.7. The third-order valence-corrected chi connectivity index (χ3v) is 7.53. The number of pyridine rings is 1. The molecular weight excluding hydrogens is 412 g/mol. The lowest BCUT2D eigenvalue weighted by Crippen LogP contribution is -2.11. The molecule has 148 valence electrons. The number of thiophene rings is 1. The molecule has 0 aliphatic heterocycles. The smallest absolute Gasteiger partial charge is 0.263 e. The summed E-state index contributed by atoms with van der Waals surface area (Å²) in [6.45, 7) is 1.94. The summed E-state index contributed by atoms with van der Waals surface area (Å²) < 4.78 is 28.2. The Morgan fingerprint density at radius 2 is 1.67 bits per heavy atom. The monoisotopic (exact) mass is 430 g/mol. The predicted octanol–water partition coefficient (Wildman–Crippen LogP) is 5.98. The molecule has 0 aliphatic carbocycles. The van der Waals surface area contributed by atoms with Crippen molar-refractivity contribution in [3.05, 3.63) is 95.6 Å². The lowest BCUT2D eigenvalue weighted by Gasteiger charge is -2.07. The van der Waals surface area contributed by atoms with E-state index in [0.717, 1.165) is 33.2 Å². The summed E-state index contributed by atoms with van der Waals surface area (Å²) in [4.78, 5) is 4.68. The molecule has 0 saturated heterocycles. The number of hydrogen-bond donors (Lipinski definition) is 0. The van der Waals surface area contributed by atoms with E-state index in [2.05, 4.69) is 22.5 Å². The van der Waals surface area contributed by atoms with Crippen molar-refractivity contribution < 1.29 is 8.42 Å². The van der Waals surface area contributed by atoms with Crippen LogP contribution in [0.1, 0.15) is 5.56 Å². The Balaban J connectivity index is 1.71. The fourth-order valence-electron chi connectivity index (χ4n) is 3.58. The van der Waals surface area contributed by atoms with Crippen molar-refractivity contribution >= 4 is 32.3 Å². The van der Waals surface area contributed by atoms with E-state index >= 15 is 0 Å². The molecule has 0 fully saturated rings. The highest BCUT2D eigenvalue weighted by atomic mass is 32.2. The zero-order valence-corrected chi connectivity index (χ0v) is 17.8. The molecule has 0 atom stereocenters. The van der Waals surface area contributed by atoms with Gasteiger partial charge in [-0.15, -0.1) is 0 Å². The number of nitrogens with zero attached hydrogens (tertiary/aromatic N) is 2. The van der Waals surface area contributed by atoms with E-state index in [-0.39, 0.29) is 4.90 Å². The van der Waals surface area contributed by atoms with Crippen molar-refractivity contribution in [2.24, 2.45) is 0 Å². The molecule has 6 heteroatoms. The second kappa shape index (κ2) is 7.23. The number of aryl methyl sites for hydroxylation is 1. The SMILES string of the molecule is Cc1ccc(S(=O)(=O)n2cc(-c3cncc(-c4ccsc4)c3)c3ccccc32)cc1. The van der Waals surface area contributed by atoms with Crippen molar-refractivity contribution in [3.63, 3.8) is 0 Å². The van der Waals surface area contributed by atoms with Gasteiger partial charge >= 0.3 is 0 Å².